The molecule has 0 aliphatic rings. The molecule has 112 valence electrons. The lowest BCUT2D eigenvalue weighted by atomic mass is 10.1. The predicted molar refractivity (Wildman–Crippen MR) is 77.5 cm³/mol. The van der Waals surface area contributed by atoms with E-state index in [1.807, 2.05) is 18.2 Å². The molecular weight excluding hydrogens is 288 g/mol. The fourth-order valence-electron chi connectivity index (χ4n) is 2.13. The van der Waals surface area contributed by atoms with Crippen molar-refractivity contribution in [2.75, 3.05) is 7.11 Å². The number of aromatic amines is 1. The van der Waals surface area contributed by atoms with Crippen LogP contribution in [-0.2, 0) is 6.42 Å². The smallest absolute Gasteiger partial charge is 0.181 e. The lowest BCUT2D eigenvalue weighted by Gasteiger charge is -2.01. The molecule has 1 N–H and O–H groups in total. The van der Waals surface area contributed by atoms with Crippen molar-refractivity contribution in [3.05, 3.63) is 65.5 Å². The highest BCUT2D eigenvalue weighted by Gasteiger charge is 2.12. The number of halogens is 2. The first-order valence-electron chi connectivity index (χ1n) is 6.66. The molecule has 0 radical (unpaired) electrons. The van der Waals surface area contributed by atoms with Gasteiger partial charge in [0.1, 0.15) is 11.6 Å². The van der Waals surface area contributed by atoms with E-state index in [9.17, 15) is 8.78 Å². The Hall–Kier alpha value is -2.76. The van der Waals surface area contributed by atoms with Crippen LogP contribution in [0, 0.1) is 11.6 Å². The van der Waals surface area contributed by atoms with Crippen molar-refractivity contribution >= 4 is 0 Å². The molecule has 0 atom stereocenters. The van der Waals surface area contributed by atoms with Crippen molar-refractivity contribution in [2.45, 2.75) is 6.42 Å². The Morgan fingerprint density at radius 3 is 2.77 bits per heavy atom. The Kier molecular flexibility index (Phi) is 3.82. The van der Waals surface area contributed by atoms with E-state index in [1.54, 1.807) is 13.2 Å². The zero-order valence-corrected chi connectivity index (χ0v) is 11.8. The zero-order chi connectivity index (χ0) is 15.5. The number of hydrogen-bond donors (Lipinski definition) is 1. The van der Waals surface area contributed by atoms with Crippen molar-refractivity contribution in [1.82, 2.24) is 15.2 Å². The molecule has 1 aromatic heterocycles. The van der Waals surface area contributed by atoms with Gasteiger partial charge in [-0.3, -0.25) is 5.10 Å². The average Bonchev–Trinajstić information content (AvgIpc) is 3.00. The SMILES string of the molecule is COc1cccc(-c2n[nH]c(Cc3cccc(F)c3F)n2)c1. The van der Waals surface area contributed by atoms with Crippen LogP contribution >= 0.6 is 0 Å². The number of H-pyrrole nitrogens is 1. The lowest BCUT2D eigenvalue weighted by molar-refractivity contribution is 0.415. The second kappa shape index (κ2) is 5.93. The Balaban J connectivity index is 1.86. The van der Waals surface area contributed by atoms with Gasteiger partial charge in [0.15, 0.2) is 17.5 Å². The van der Waals surface area contributed by atoms with Gasteiger partial charge in [0.25, 0.3) is 0 Å². The third-order valence-corrected chi connectivity index (χ3v) is 3.25. The maximum atomic E-state index is 13.7. The molecule has 4 nitrogen and oxygen atoms in total. The second-order valence-electron chi connectivity index (χ2n) is 4.73. The summed E-state index contributed by atoms with van der Waals surface area (Å²) in [5.41, 5.74) is 1.01. The first-order valence-corrected chi connectivity index (χ1v) is 6.66. The van der Waals surface area contributed by atoms with Crippen molar-refractivity contribution < 1.29 is 13.5 Å². The minimum atomic E-state index is -0.870. The number of nitrogens with one attached hydrogen (secondary N) is 1. The van der Waals surface area contributed by atoms with Gasteiger partial charge in [-0.1, -0.05) is 24.3 Å². The Morgan fingerprint density at radius 2 is 1.95 bits per heavy atom. The van der Waals surface area contributed by atoms with E-state index in [1.165, 1.54) is 12.1 Å². The summed E-state index contributed by atoms with van der Waals surface area (Å²) in [5, 5.41) is 6.85. The summed E-state index contributed by atoms with van der Waals surface area (Å²) in [6.45, 7) is 0. The van der Waals surface area contributed by atoms with Gasteiger partial charge in [0, 0.05) is 12.0 Å². The van der Waals surface area contributed by atoms with Crippen molar-refractivity contribution in [3.63, 3.8) is 0 Å². The van der Waals surface area contributed by atoms with Crippen LogP contribution in [0.5, 0.6) is 5.75 Å². The standard InChI is InChI=1S/C16H13F2N3O/c1-22-12-6-2-5-11(8-12)16-19-14(20-21-16)9-10-4-3-7-13(17)15(10)18/h2-8H,9H2,1H3,(H,19,20,21). The molecule has 3 aromatic rings. The Morgan fingerprint density at radius 1 is 1.14 bits per heavy atom. The highest BCUT2D eigenvalue weighted by atomic mass is 19.2. The first-order chi connectivity index (χ1) is 10.7. The molecule has 0 aliphatic carbocycles. The summed E-state index contributed by atoms with van der Waals surface area (Å²) in [4.78, 5) is 4.31. The number of aromatic nitrogens is 3. The van der Waals surface area contributed by atoms with E-state index >= 15 is 0 Å². The quantitative estimate of drug-likeness (QED) is 0.804. The summed E-state index contributed by atoms with van der Waals surface area (Å²) in [6, 6.07) is 11.4. The van der Waals surface area contributed by atoms with Gasteiger partial charge in [0.05, 0.1) is 7.11 Å². The minimum absolute atomic E-state index is 0.139. The van der Waals surface area contributed by atoms with Gasteiger partial charge in [0.2, 0.25) is 0 Å². The lowest BCUT2D eigenvalue weighted by Crippen LogP contribution is -1.97. The minimum Gasteiger partial charge on any atom is -0.497 e. The van der Waals surface area contributed by atoms with E-state index in [-0.39, 0.29) is 12.0 Å². The molecule has 0 fully saturated rings. The molecule has 3 rings (SSSR count). The molecule has 0 saturated carbocycles. The van der Waals surface area contributed by atoms with E-state index in [2.05, 4.69) is 15.2 Å². The van der Waals surface area contributed by atoms with E-state index in [4.69, 9.17) is 4.74 Å². The van der Waals surface area contributed by atoms with Crippen molar-refractivity contribution in [3.8, 4) is 17.1 Å². The Labute approximate surface area is 125 Å². The number of rotatable bonds is 4. The maximum absolute atomic E-state index is 13.7. The highest BCUT2D eigenvalue weighted by Crippen LogP contribution is 2.21. The summed E-state index contributed by atoms with van der Waals surface area (Å²) in [6.07, 6.45) is 0.139. The van der Waals surface area contributed by atoms with Crippen molar-refractivity contribution in [2.24, 2.45) is 0 Å². The molecule has 2 aromatic carbocycles. The van der Waals surface area contributed by atoms with E-state index in [0.717, 1.165) is 11.6 Å². The summed E-state index contributed by atoms with van der Waals surface area (Å²) >= 11 is 0. The normalized spacial score (nSPS) is 10.7. The number of benzene rings is 2. The molecule has 0 bridgehead atoms. The van der Waals surface area contributed by atoms with Crippen LogP contribution in [-0.4, -0.2) is 22.3 Å². The zero-order valence-electron chi connectivity index (χ0n) is 11.8. The van der Waals surface area contributed by atoms with Gasteiger partial charge in [-0.05, 0) is 23.8 Å². The molecule has 0 unspecified atom stereocenters. The predicted octanol–water partition coefficient (Wildman–Crippen LogP) is 3.35. The van der Waals surface area contributed by atoms with Crippen LogP contribution in [0.2, 0.25) is 0 Å². The van der Waals surface area contributed by atoms with Gasteiger partial charge >= 0.3 is 0 Å². The Bertz CT molecular complexity index is 802. The molecule has 0 spiro atoms. The van der Waals surface area contributed by atoms with Gasteiger partial charge in [-0.25, -0.2) is 13.8 Å². The van der Waals surface area contributed by atoms with E-state index in [0.29, 0.717) is 17.4 Å². The molecule has 0 aliphatic heterocycles. The third kappa shape index (κ3) is 2.81. The van der Waals surface area contributed by atoms with Gasteiger partial charge < -0.3 is 4.74 Å². The summed E-state index contributed by atoms with van der Waals surface area (Å²) in [5.74, 6) is -0.0973. The maximum Gasteiger partial charge on any atom is 0.181 e. The highest BCUT2D eigenvalue weighted by molar-refractivity contribution is 5.57. The monoisotopic (exact) mass is 301 g/mol. The number of nitrogens with zero attached hydrogens (tertiary/aromatic N) is 2. The fraction of sp³-hybridized carbons (Fsp3) is 0.125. The number of ether oxygens (including phenoxy) is 1. The van der Waals surface area contributed by atoms with Crippen LogP contribution in [0.1, 0.15) is 11.4 Å². The second-order valence-corrected chi connectivity index (χ2v) is 4.73. The molecule has 0 amide bonds. The topological polar surface area (TPSA) is 50.8 Å². The van der Waals surface area contributed by atoms with Gasteiger partial charge in [-0.2, -0.15) is 5.10 Å². The van der Waals surface area contributed by atoms with Crippen LogP contribution < -0.4 is 4.74 Å². The van der Waals surface area contributed by atoms with Gasteiger partial charge in [-0.15, -0.1) is 0 Å². The fourth-order valence-corrected chi connectivity index (χ4v) is 2.13. The number of methoxy groups -OCH3 is 1. The van der Waals surface area contributed by atoms with Crippen LogP contribution in [0.4, 0.5) is 8.78 Å². The average molecular weight is 301 g/mol. The molecule has 6 heteroatoms. The summed E-state index contributed by atoms with van der Waals surface area (Å²) < 4.78 is 32.0. The van der Waals surface area contributed by atoms with E-state index < -0.39 is 11.6 Å². The molecule has 1 heterocycles. The molecular formula is C16H13F2N3O. The number of hydrogen-bond acceptors (Lipinski definition) is 3. The van der Waals surface area contributed by atoms with Crippen LogP contribution in [0.25, 0.3) is 11.4 Å². The molecule has 22 heavy (non-hydrogen) atoms. The van der Waals surface area contributed by atoms with Crippen LogP contribution in [0.3, 0.4) is 0 Å². The molecule has 0 saturated heterocycles. The summed E-state index contributed by atoms with van der Waals surface area (Å²) in [7, 11) is 1.58. The largest absolute Gasteiger partial charge is 0.497 e. The first kappa shape index (κ1) is 14.2. The van der Waals surface area contributed by atoms with Crippen LogP contribution in [0.15, 0.2) is 42.5 Å². The third-order valence-electron chi connectivity index (χ3n) is 3.25. The van der Waals surface area contributed by atoms with Crippen molar-refractivity contribution in [1.29, 1.82) is 0 Å².